The summed E-state index contributed by atoms with van der Waals surface area (Å²) in [5.41, 5.74) is 3.86. The number of hydrogen-bond donors (Lipinski definition) is 2. The highest BCUT2D eigenvalue weighted by atomic mass is 35.5. The van der Waals surface area contributed by atoms with E-state index in [0.29, 0.717) is 40.0 Å². The van der Waals surface area contributed by atoms with Gasteiger partial charge >= 0.3 is 5.97 Å². The van der Waals surface area contributed by atoms with Crippen molar-refractivity contribution in [1.29, 1.82) is 0 Å². The van der Waals surface area contributed by atoms with Crippen molar-refractivity contribution >= 4 is 64.3 Å². The Balaban J connectivity index is 0.00000337. The van der Waals surface area contributed by atoms with Gasteiger partial charge in [-0.05, 0) is 47.9 Å². The fourth-order valence-electron chi connectivity index (χ4n) is 5.60. The molecule has 0 saturated carbocycles. The number of nitrogens with zero attached hydrogens (tertiary/aromatic N) is 2. The average Bonchev–Trinajstić information content (AvgIpc) is 3.43. The Morgan fingerprint density at radius 1 is 1.02 bits per heavy atom. The molecule has 1 atom stereocenters. The highest BCUT2D eigenvalue weighted by Crippen LogP contribution is 2.34. The van der Waals surface area contributed by atoms with Gasteiger partial charge in [-0.2, -0.15) is 0 Å². The maximum atomic E-state index is 13.5. The van der Waals surface area contributed by atoms with Gasteiger partial charge in [0.2, 0.25) is 5.91 Å². The molecule has 4 aromatic rings. The number of fused-ring (bicyclic) bond motifs is 3. The number of anilines is 1. The molecule has 0 bridgehead atoms. The molecule has 1 aromatic heterocycles. The molecule has 210 valence electrons. The molecule has 0 spiro atoms. The van der Waals surface area contributed by atoms with Gasteiger partial charge in [0.25, 0.3) is 11.8 Å². The molecule has 2 N–H and O–H groups in total. The number of benzene rings is 3. The second kappa shape index (κ2) is 11.4. The SMILES string of the molecule is COC(=O)c1[nH]c2ccc(Cl)cc2c1NC(=O)CN1CCc2ccccc2C1CN1C(=O)c2ccccc2C1=O.Cl. The molecule has 6 rings (SSSR count). The molecular formula is C30H26Cl2N4O5. The molecule has 2 aliphatic heterocycles. The molecule has 11 heteroatoms. The molecule has 41 heavy (non-hydrogen) atoms. The Kier molecular flexibility index (Phi) is 7.86. The van der Waals surface area contributed by atoms with Gasteiger partial charge in [-0.3, -0.25) is 24.2 Å². The van der Waals surface area contributed by atoms with Crippen molar-refractivity contribution in [1.82, 2.24) is 14.8 Å². The number of esters is 1. The van der Waals surface area contributed by atoms with E-state index in [1.807, 2.05) is 29.2 Å². The van der Waals surface area contributed by atoms with Gasteiger partial charge in [0.05, 0.1) is 36.5 Å². The minimum atomic E-state index is -0.627. The summed E-state index contributed by atoms with van der Waals surface area (Å²) in [7, 11) is 1.27. The van der Waals surface area contributed by atoms with Crippen LogP contribution in [0, 0.1) is 0 Å². The predicted octanol–water partition coefficient (Wildman–Crippen LogP) is 4.86. The van der Waals surface area contributed by atoms with E-state index in [0.717, 1.165) is 11.1 Å². The quantitative estimate of drug-likeness (QED) is 0.244. The number of ether oxygens (including phenoxy) is 1. The number of aromatic amines is 1. The number of carbonyl (C=O) groups excluding carboxylic acids is 4. The van der Waals surface area contributed by atoms with E-state index >= 15 is 0 Å². The molecular weight excluding hydrogens is 567 g/mol. The summed E-state index contributed by atoms with van der Waals surface area (Å²) < 4.78 is 4.91. The van der Waals surface area contributed by atoms with Gasteiger partial charge in [0.15, 0.2) is 0 Å². The molecule has 3 heterocycles. The average molecular weight is 593 g/mol. The maximum absolute atomic E-state index is 13.5. The molecule has 9 nitrogen and oxygen atoms in total. The first-order valence-electron chi connectivity index (χ1n) is 12.8. The first-order valence-corrected chi connectivity index (χ1v) is 13.2. The lowest BCUT2D eigenvalue weighted by Crippen LogP contribution is -2.46. The van der Waals surface area contributed by atoms with Crippen LogP contribution >= 0.6 is 24.0 Å². The van der Waals surface area contributed by atoms with Crippen LogP contribution in [0.15, 0.2) is 66.7 Å². The number of imide groups is 1. The first kappa shape index (κ1) is 28.4. The monoisotopic (exact) mass is 592 g/mol. The van der Waals surface area contributed by atoms with E-state index in [4.69, 9.17) is 16.3 Å². The lowest BCUT2D eigenvalue weighted by molar-refractivity contribution is -0.118. The van der Waals surface area contributed by atoms with Crippen molar-refractivity contribution < 1.29 is 23.9 Å². The Hall–Kier alpha value is -4.18. The second-order valence-corrected chi connectivity index (χ2v) is 10.2. The lowest BCUT2D eigenvalue weighted by atomic mass is 9.92. The van der Waals surface area contributed by atoms with E-state index in [2.05, 4.69) is 10.3 Å². The summed E-state index contributed by atoms with van der Waals surface area (Å²) in [6.07, 6.45) is 0.707. The molecule has 0 fully saturated rings. The van der Waals surface area contributed by atoms with Crippen LogP contribution in [0.2, 0.25) is 5.02 Å². The van der Waals surface area contributed by atoms with Gasteiger partial charge in [-0.15, -0.1) is 12.4 Å². The van der Waals surface area contributed by atoms with Crippen LogP contribution in [0.4, 0.5) is 5.69 Å². The Morgan fingerprint density at radius 2 is 1.71 bits per heavy atom. The summed E-state index contributed by atoms with van der Waals surface area (Å²) >= 11 is 6.20. The number of carbonyl (C=O) groups is 4. The van der Waals surface area contributed by atoms with Crippen LogP contribution in [-0.4, -0.2) is 65.2 Å². The smallest absolute Gasteiger partial charge is 0.356 e. The number of halogens is 2. The van der Waals surface area contributed by atoms with Crippen molar-refractivity contribution in [3.8, 4) is 0 Å². The normalized spacial score (nSPS) is 16.2. The van der Waals surface area contributed by atoms with Gasteiger partial charge in [-0.1, -0.05) is 48.0 Å². The number of nitrogens with one attached hydrogen (secondary N) is 2. The third-order valence-corrected chi connectivity index (χ3v) is 7.75. The van der Waals surface area contributed by atoms with E-state index in [1.54, 1.807) is 42.5 Å². The standard InChI is InChI=1S/C30H25ClN4O5.ClH/c1-40-30(39)27-26(22-14-18(31)10-11-23(22)32-27)33-25(36)16-34-13-12-17-6-2-3-7-19(17)24(34)15-35-28(37)20-8-4-5-9-21(20)29(35)38;/h2-11,14,24,32H,12-13,15-16H2,1H3,(H,33,36);1H. The molecule has 3 amide bonds. The predicted molar refractivity (Wildman–Crippen MR) is 157 cm³/mol. The van der Waals surface area contributed by atoms with Crippen molar-refractivity contribution in [2.45, 2.75) is 12.5 Å². The first-order chi connectivity index (χ1) is 19.4. The van der Waals surface area contributed by atoms with E-state index in [-0.39, 0.29) is 54.6 Å². The number of H-pyrrole nitrogens is 1. The summed E-state index contributed by atoms with van der Waals surface area (Å²) in [4.78, 5) is 58.5. The molecule has 3 aromatic carbocycles. The van der Waals surface area contributed by atoms with Crippen LogP contribution in [0.5, 0.6) is 0 Å². The summed E-state index contributed by atoms with van der Waals surface area (Å²) in [6, 6.07) is 19.3. The maximum Gasteiger partial charge on any atom is 0.356 e. The summed E-state index contributed by atoms with van der Waals surface area (Å²) in [5.74, 6) is -1.67. The fourth-order valence-corrected chi connectivity index (χ4v) is 5.77. The highest BCUT2D eigenvalue weighted by Gasteiger charge is 2.39. The van der Waals surface area contributed by atoms with Crippen LogP contribution in [-0.2, 0) is 16.0 Å². The second-order valence-electron chi connectivity index (χ2n) is 9.81. The van der Waals surface area contributed by atoms with E-state index in [1.165, 1.54) is 12.0 Å². The highest BCUT2D eigenvalue weighted by molar-refractivity contribution is 6.31. The van der Waals surface area contributed by atoms with Crippen LogP contribution in [0.3, 0.4) is 0 Å². The minimum Gasteiger partial charge on any atom is -0.464 e. The molecule has 0 aliphatic carbocycles. The third kappa shape index (κ3) is 5.08. The molecule has 0 radical (unpaired) electrons. The Bertz CT molecular complexity index is 1670. The largest absolute Gasteiger partial charge is 0.464 e. The van der Waals surface area contributed by atoms with Crippen LogP contribution in [0.25, 0.3) is 10.9 Å². The lowest BCUT2D eigenvalue weighted by Gasteiger charge is -2.38. The van der Waals surface area contributed by atoms with Crippen molar-refractivity contribution in [3.05, 3.63) is 99.7 Å². The van der Waals surface area contributed by atoms with Crippen molar-refractivity contribution in [2.24, 2.45) is 0 Å². The van der Waals surface area contributed by atoms with E-state index in [9.17, 15) is 19.2 Å². The van der Waals surface area contributed by atoms with Crippen molar-refractivity contribution in [2.75, 3.05) is 32.1 Å². The molecule has 1 unspecified atom stereocenters. The minimum absolute atomic E-state index is 0. The zero-order valence-electron chi connectivity index (χ0n) is 22.0. The summed E-state index contributed by atoms with van der Waals surface area (Å²) in [5, 5.41) is 3.90. The number of aromatic nitrogens is 1. The number of amides is 3. The number of methoxy groups -OCH3 is 1. The van der Waals surface area contributed by atoms with Crippen molar-refractivity contribution in [3.63, 3.8) is 0 Å². The zero-order chi connectivity index (χ0) is 28.0. The Labute approximate surface area is 246 Å². The van der Waals surface area contributed by atoms with E-state index < -0.39 is 12.0 Å². The van der Waals surface area contributed by atoms with Crippen LogP contribution in [0.1, 0.15) is 48.4 Å². The number of hydrogen-bond acceptors (Lipinski definition) is 6. The van der Waals surface area contributed by atoms with Gasteiger partial charge in [0, 0.05) is 29.0 Å². The van der Waals surface area contributed by atoms with Gasteiger partial charge in [0.1, 0.15) is 5.69 Å². The fraction of sp³-hybridized carbons (Fsp3) is 0.200. The Morgan fingerprint density at radius 3 is 2.41 bits per heavy atom. The zero-order valence-corrected chi connectivity index (χ0v) is 23.6. The third-order valence-electron chi connectivity index (χ3n) is 7.52. The van der Waals surface area contributed by atoms with Crippen LogP contribution < -0.4 is 5.32 Å². The molecule has 0 saturated heterocycles. The topological polar surface area (TPSA) is 112 Å². The number of rotatable bonds is 6. The van der Waals surface area contributed by atoms with Gasteiger partial charge in [-0.25, -0.2) is 4.79 Å². The van der Waals surface area contributed by atoms with Gasteiger partial charge < -0.3 is 15.0 Å². The summed E-state index contributed by atoms with van der Waals surface area (Å²) in [6.45, 7) is 0.616. The molecule has 2 aliphatic rings.